The summed E-state index contributed by atoms with van der Waals surface area (Å²) in [6.45, 7) is 8.03. The molecule has 0 fully saturated rings. The molecule has 1 aliphatic heterocycles. The molecule has 2 heterocycles. The summed E-state index contributed by atoms with van der Waals surface area (Å²) >= 11 is 0. The minimum absolute atomic E-state index is 0.414. The van der Waals surface area contributed by atoms with E-state index in [1.54, 1.807) is 0 Å². The molecule has 130 valence electrons. The molecule has 0 radical (unpaired) electrons. The summed E-state index contributed by atoms with van der Waals surface area (Å²) in [6, 6.07) is 10.0. The minimum atomic E-state index is -0.501. The zero-order valence-electron chi connectivity index (χ0n) is 15.0. The molecule has 3 rings (SSSR count). The summed E-state index contributed by atoms with van der Waals surface area (Å²) in [6.07, 6.45) is 3.39. The Labute approximate surface area is 147 Å². The first kappa shape index (κ1) is 17.0. The van der Waals surface area contributed by atoms with Crippen LogP contribution in [0.3, 0.4) is 0 Å². The summed E-state index contributed by atoms with van der Waals surface area (Å²) < 4.78 is 5.27. The smallest absolute Gasteiger partial charge is 0.407 e. The summed E-state index contributed by atoms with van der Waals surface area (Å²) in [4.78, 5) is 19.5. The molecule has 0 saturated heterocycles. The zero-order chi connectivity index (χ0) is 18.0. The van der Waals surface area contributed by atoms with Crippen molar-refractivity contribution in [3.8, 4) is 0 Å². The number of aromatic amines is 1. The molecule has 5 nitrogen and oxygen atoms in total. The molecule has 1 aliphatic rings. The molecule has 0 unspecified atom stereocenters. The number of allylic oxidation sites excluding steroid dienone is 2. The van der Waals surface area contributed by atoms with E-state index in [2.05, 4.69) is 28.3 Å². The number of rotatable bonds is 3. The summed E-state index contributed by atoms with van der Waals surface area (Å²) in [5.41, 5.74) is 5.84. The van der Waals surface area contributed by atoms with Crippen molar-refractivity contribution < 1.29 is 9.53 Å². The van der Waals surface area contributed by atoms with Gasteiger partial charge in [-0.15, -0.1) is 0 Å². The Morgan fingerprint density at radius 1 is 1.28 bits per heavy atom. The number of carbonyl (C=O) groups is 1. The van der Waals surface area contributed by atoms with Crippen molar-refractivity contribution in [2.24, 2.45) is 4.99 Å². The second kappa shape index (κ2) is 6.59. The number of nitrogens with zero attached hydrogens (tertiary/aromatic N) is 1. The number of aromatic nitrogens is 1. The van der Waals surface area contributed by atoms with Gasteiger partial charge in [-0.2, -0.15) is 0 Å². The molecular weight excluding hydrogens is 314 g/mol. The molecule has 0 atom stereocenters. The summed E-state index contributed by atoms with van der Waals surface area (Å²) in [7, 11) is 0. The van der Waals surface area contributed by atoms with E-state index in [4.69, 9.17) is 4.74 Å². The Balaban J connectivity index is 1.78. The third-order valence-electron chi connectivity index (χ3n) is 3.93. The van der Waals surface area contributed by atoms with E-state index >= 15 is 0 Å². The Hall–Kier alpha value is -2.82. The van der Waals surface area contributed by atoms with E-state index in [9.17, 15) is 4.79 Å². The largest absolute Gasteiger partial charge is 0.444 e. The number of benzene rings is 1. The van der Waals surface area contributed by atoms with E-state index in [0.717, 1.165) is 33.7 Å². The van der Waals surface area contributed by atoms with Gasteiger partial charge in [0.1, 0.15) is 5.60 Å². The van der Waals surface area contributed by atoms with Crippen molar-refractivity contribution in [1.29, 1.82) is 0 Å². The normalized spacial score (nSPS) is 15.0. The van der Waals surface area contributed by atoms with E-state index in [1.165, 1.54) is 0 Å². The van der Waals surface area contributed by atoms with Crippen LogP contribution in [-0.2, 0) is 11.3 Å². The first-order valence-corrected chi connectivity index (χ1v) is 8.32. The Morgan fingerprint density at radius 2 is 2.08 bits per heavy atom. The van der Waals surface area contributed by atoms with E-state index in [-0.39, 0.29) is 0 Å². The molecule has 25 heavy (non-hydrogen) atoms. The standard InChI is InChI=1S/C20H23N3O2/c1-13(17-6-5-9-21-17)16-12-22-18-8-7-14(10-15(16)18)11-23-19(24)25-20(2,3)4/h5-10,12,21H,11H2,1-4H3,(H,23,24). The summed E-state index contributed by atoms with van der Waals surface area (Å²) in [5.74, 6) is 0. The molecule has 1 aromatic heterocycles. The van der Waals surface area contributed by atoms with Crippen LogP contribution in [0.1, 0.15) is 44.5 Å². The van der Waals surface area contributed by atoms with Gasteiger partial charge in [0.2, 0.25) is 0 Å². The van der Waals surface area contributed by atoms with Gasteiger partial charge < -0.3 is 15.0 Å². The molecule has 0 spiro atoms. The molecule has 2 N–H and O–H groups in total. The lowest BCUT2D eigenvalue weighted by atomic mass is 9.98. The quantitative estimate of drug-likeness (QED) is 0.853. The number of aliphatic imine (C=N–C) groups is 1. The van der Waals surface area contributed by atoms with Crippen molar-refractivity contribution in [2.75, 3.05) is 0 Å². The SMILES string of the molecule is CC(=C1C=Nc2ccc(CNC(=O)OC(C)(C)C)cc21)c1ccc[nH]1. The van der Waals surface area contributed by atoms with Crippen molar-refractivity contribution in [1.82, 2.24) is 10.3 Å². The predicted molar refractivity (Wildman–Crippen MR) is 101 cm³/mol. The molecule has 1 aromatic carbocycles. The maximum absolute atomic E-state index is 11.8. The third kappa shape index (κ3) is 3.99. The van der Waals surface area contributed by atoms with Gasteiger partial charge in [-0.05, 0) is 63.1 Å². The fraction of sp³-hybridized carbons (Fsp3) is 0.300. The molecule has 1 amide bonds. The lowest BCUT2D eigenvalue weighted by molar-refractivity contribution is 0.0523. The van der Waals surface area contributed by atoms with Gasteiger partial charge in [0.25, 0.3) is 0 Å². The van der Waals surface area contributed by atoms with Crippen molar-refractivity contribution in [3.63, 3.8) is 0 Å². The maximum Gasteiger partial charge on any atom is 0.407 e. The Bertz CT molecular complexity index is 840. The van der Waals surface area contributed by atoms with Gasteiger partial charge in [0.15, 0.2) is 0 Å². The van der Waals surface area contributed by atoms with Gasteiger partial charge in [-0.1, -0.05) is 6.07 Å². The highest BCUT2D eigenvalue weighted by molar-refractivity contribution is 6.23. The van der Waals surface area contributed by atoms with Crippen molar-refractivity contribution in [2.45, 2.75) is 39.8 Å². The predicted octanol–water partition coefficient (Wildman–Crippen LogP) is 4.69. The lowest BCUT2D eigenvalue weighted by Gasteiger charge is -2.19. The van der Waals surface area contributed by atoms with Gasteiger partial charge in [0, 0.05) is 35.8 Å². The number of fused-ring (bicyclic) bond motifs is 1. The van der Waals surface area contributed by atoms with Crippen LogP contribution in [0.2, 0.25) is 0 Å². The Kier molecular flexibility index (Phi) is 4.49. The zero-order valence-corrected chi connectivity index (χ0v) is 15.0. The molecule has 0 bridgehead atoms. The van der Waals surface area contributed by atoms with E-state index < -0.39 is 11.7 Å². The van der Waals surface area contributed by atoms with Crippen molar-refractivity contribution in [3.05, 3.63) is 53.3 Å². The van der Waals surface area contributed by atoms with Gasteiger partial charge in [-0.25, -0.2) is 4.79 Å². The second-order valence-electron chi connectivity index (χ2n) is 7.09. The molecule has 2 aromatic rings. The highest BCUT2D eigenvalue weighted by Crippen LogP contribution is 2.36. The van der Waals surface area contributed by atoms with Crippen LogP contribution in [0.15, 0.2) is 41.5 Å². The van der Waals surface area contributed by atoms with E-state index in [0.29, 0.717) is 6.54 Å². The first-order valence-electron chi connectivity index (χ1n) is 8.32. The lowest BCUT2D eigenvalue weighted by Crippen LogP contribution is -2.32. The fourth-order valence-electron chi connectivity index (χ4n) is 2.72. The van der Waals surface area contributed by atoms with Crippen LogP contribution in [0.5, 0.6) is 0 Å². The molecular formula is C20H23N3O2. The first-order chi connectivity index (χ1) is 11.8. The average Bonchev–Trinajstić information content (AvgIpc) is 3.20. The van der Waals surface area contributed by atoms with Crippen LogP contribution in [0.4, 0.5) is 10.5 Å². The van der Waals surface area contributed by atoms with Crippen LogP contribution < -0.4 is 5.32 Å². The van der Waals surface area contributed by atoms with Crippen LogP contribution in [-0.4, -0.2) is 22.9 Å². The topological polar surface area (TPSA) is 66.5 Å². The highest BCUT2D eigenvalue weighted by Gasteiger charge is 2.18. The van der Waals surface area contributed by atoms with Crippen LogP contribution in [0, 0.1) is 0 Å². The second-order valence-corrected chi connectivity index (χ2v) is 7.09. The number of hydrogen-bond donors (Lipinski definition) is 2. The number of hydrogen-bond acceptors (Lipinski definition) is 3. The van der Waals surface area contributed by atoms with Gasteiger partial charge in [-0.3, -0.25) is 4.99 Å². The number of ether oxygens (including phenoxy) is 1. The van der Waals surface area contributed by atoms with Gasteiger partial charge in [0.05, 0.1) is 5.69 Å². The van der Waals surface area contributed by atoms with E-state index in [1.807, 2.05) is 57.4 Å². The molecule has 5 heteroatoms. The molecule has 0 aliphatic carbocycles. The number of amides is 1. The highest BCUT2D eigenvalue weighted by atomic mass is 16.6. The fourth-order valence-corrected chi connectivity index (χ4v) is 2.72. The maximum atomic E-state index is 11.8. The summed E-state index contributed by atoms with van der Waals surface area (Å²) in [5, 5.41) is 2.79. The Morgan fingerprint density at radius 3 is 2.76 bits per heavy atom. The number of alkyl carbamates (subject to hydrolysis) is 1. The van der Waals surface area contributed by atoms with Crippen LogP contribution in [0.25, 0.3) is 11.1 Å². The van der Waals surface area contributed by atoms with Crippen LogP contribution >= 0.6 is 0 Å². The average molecular weight is 337 g/mol. The third-order valence-corrected chi connectivity index (χ3v) is 3.93. The number of H-pyrrole nitrogens is 1. The number of carbonyl (C=O) groups excluding carboxylic acids is 1. The minimum Gasteiger partial charge on any atom is -0.444 e. The number of nitrogens with one attached hydrogen (secondary N) is 2. The van der Waals surface area contributed by atoms with Crippen molar-refractivity contribution >= 4 is 29.1 Å². The monoisotopic (exact) mass is 337 g/mol. The molecule has 0 saturated carbocycles. The van der Waals surface area contributed by atoms with Gasteiger partial charge >= 0.3 is 6.09 Å².